The molecule has 0 fully saturated rings. The number of halogens is 1. The SMILES string of the molecule is CC(C)[C@H](CC(=O)OCc1ccccc1)C(=O)O.CC(C)[C@H](CC(=O)OCc1ccccc1)C(=O)OCCCC(=O)OCc1ccccc1.O=C(CCCBr)OCc1ccccc1. The minimum absolute atomic E-state index is 0.0392. The highest BCUT2D eigenvalue weighted by Crippen LogP contribution is 2.19. The summed E-state index contributed by atoms with van der Waals surface area (Å²) in [5, 5.41) is 9.81. The second-order valence-electron chi connectivity index (χ2n) is 15.1. The number of carbonyl (C=O) groups excluding carboxylic acids is 5. The molecular formula is C50H61BrO12. The molecule has 0 aliphatic heterocycles. The number of hydrogen-bond donors (Lipinski definition) is 1. The fourth-order valence-electron chi connectivity index (χ4n) is 5.48. The van der Waals surface area contributed by atoms with Gasteiger partial charge < -0.3 is 28.8 Å². The number of carbonyl (C=O) groups is 6. The summed E-state index contributed by atoms with van der Waals surface area (Å²) in [6.45, 7) is 8.33. The first-order valence-corrected chi connectivity index (χ1v) is 22.1. The van der Waals surface area contributed by atoms with Gasteiger partial charge in [0, 0.05) is 18.2 Å². The summed E-state index contributed by atoms with van der Waals surface area (Å²) >= 11 is 3.27. The topological polar surface area (TPSA) is 169 Å². The lowest BCUT2D eigenvalue weighted by atomic mass is 9.93. The van der Waals surface area contributed by atoms with Crippen molar-refractivity contribution in [2.24, 2.45) is 23.7 Å². The lowest BCUT2D eigenvalue weighted by Crippen LogP contribution is -2.26. The molecule has 0 saturated heterocycles. The lowest BCUT2D eigenvalue weighted by Gasteiger charge is -2.18. The maximum absolute atomic E-state index is 12.4. The fraction of sp³-hybridized carbons (Fsp3) is 0.400. The molecule has 4 aromatic rings. The predicted molar refractivity (Wildman–Crippen MR) is 242 cm³/mol. The zero-order valence-corrected chi connectivity index (χ0v) is 38.2. The van der Waals surface area contributed by atoms with Crippen LogP contribution >= 0.6 is 15.9 Å². The number of alkyl halides is 1. The van der Waals surface area contributed by atoms with Crippen LogP contribution in [-0.2, 0) is 78.9 Å². The summed E-state index contributed by atoms with van der Waals surface area (Å²) in [5.74, 6) is -4.24. The van der Waals surface area contributed by atoms with Crippen molar-refractivity contribution >= 4 is 51.7 Å². The zero-order valence-electron chi connectivity index (χ0n) is 36.7. The summed E-state index contributed by atoms with van der Waals surface area (Å²) in [6, 6.07) is 37.8. The summed E-state index contributed by atoms with van der Waals surface area (Å²) in [5.41, 5.74) is 3.72. The number of esters is 5. The second-order valence-corrected chi connectivity index (χ2v) is 15.9. The van der Waals surface area contributed by atoms with Crippen LogP contribution < -0.4 is 0 Å². The van der Waals surface area contributed by atoms with Crippen LogP contribution in [0, 0.1) is 23.7 Å². The molecular weight excluding hydrogens is 872 g/mol. The van der Waals surface area contributed by atoms with Crippen LogP contribution in [0.15, 0.2) is 121 Å². The van der Waals surface area contributed by atoms with Crippen LogP contribution in [0.3, 0.4) is 0 Å². The Morgan fingerprint density at radius 2 is 0.778 bits per heavy atom. The van der Waals surface area contributed by atoms with E-state index in [2.05, 4.69) is 15.9 Å². The number of hydrogen-bond acceptors (Lipinski definition) is 11. The quantitative estimate of drug-likeness (QED) is 0.0324. The van der Waals surface area contributed by atoms with Gasteiger partial charge in [0.25, 0.3) is 0 Å². The highest BCUT2D eigenvalue weighted by atomic mass is 79.9. The summed E-state index contributed by atoms with van der Waals surface area (Å²) in [4.78, 5) is 70.0. The van der Waals surface area contributed by atoms with Gasteiger partial charge in [-0.3, -0.25) is 28.8 Å². The third-order valence-corrected chi connectivity index (χ3v) is 9.82. The Morgan fingerprint density at radius 1 is 0.460 bits per heavy atom. The van der Waals surface area contributed by atoms with Gasteiger partial charge in [0.1, 0.15) is 26.4 Å². The smallest absolute Gasteiger partial charge is 0.309 e. The number of benzene rings is 4. The minimum Gasteiger partial charge on any atom is -0.481 e. The second kappa shape index (κ2) is 31.9. The Labute approximate surface area is 379 Å². The van der Waals surface area contributed by atoms with Crippen molar-refractivity contribution in [3.05, 3.63) is 144 Å². The van der Waals surface area contributed by atoms with Gasteiger partial charge in [-0.1, -0.05) is 165 Å². The largest absolute Gasteiger partial charge is 0.481 e. The molecule has 0 heterocycles. The van der Waals surface area contributed by atoms with Crippen LogP contribution in [0.2, 0.25) is 0 Å². The third-order valence-electron chi connectivity index (χ3n) is 9.26. The molecule has 0 amide bonds. The normalized spacial score (nSPS) is 11.3. The van der Waals surface area contributed by atoms with E-state index in [0.29, 0.717) is 19.4 Å². The van der Waals surface area contributed by atoms with E-state index in [-0.39, 0.29) is 69.5 Å². The van der Waals surface area contributed by atoms with E-state index in [0.717, 1.165) is 34.0 Å². The van der Waals surface area contributed by atoms with Gasteiger partial charge >= 0.3 is 35.8 Å². The van der Waals surface area contributed by atoms with E-state index in [4.69, 9.17) is 28.8 Å². The van der Waals surface area contributed by atoms with Gasteiger partial charge in [-0.2, -0.15) is 0 Å². The molecule has 4 aromatic carbocycles. The standard InChI is InChI=1S/C25H30O6.C14H18O4.C11H13BrO2/c1-19(2)22(16-24(27)31-18-21-12-7-4-8-13-21)25(28)29-15-9-14-23(26)30-17-20-10-5-3-6-11-20;1-10(2)12(14(16)17)8-13(15)18-9-11-6-4-3-5-7-11;12-8-4-7-11(13)14-9-10-5-2-1-3-6-10/h3-8,10-13,19,22H,9,14-18H2,1-2H3;3-7,10,12H,8-9H2,1-2H3,(H,16,17);1-3,5-6H,4,7-9H2/t22-;12-;/m00./s1. The Bertz CT molecular complexity index is 1910. The van der Waals surface area contributed by atoms with E-state index < -0.39 is 35.7 Å². The maximum atomic E-state index is 12.4. The molecule has 13 heteroatoms. The van der Waals surface area contributed by atoms with Crippen LogP contribution in [0.25, 0.3) is 0 Å². The highest BCUT2D eigenvalue weighted by molar-refractivity contribution is 9.09. The van der Waals surface area contributed by atoms with Crippen LogP contribution in [0.4, 0.5) is 0 Å². The molecule has 0 radical (unpaired) electrons. The van der Waals surface area contributed by atoms with E-state index in [9.17, 15) is 28.8 Å². The molecule has 0 aliphatic rings. The molecule has 340 valence electrons. The van der Waals surface area contributed by atoms with E-state index in [1.807, 2.05) is 135 Å². The summed E-state index contributed by atoms with van der Waals surface area (Å²) in [6.07, 6.45) is 1.71. The first-order chi connectivity index (χ1) is 30.3. The molecule has 0 spiro atoms. The Morgan fingerprint density at radius 3 is 1.10 bits per heavy atom. The average molecular weight is 934 g/mol. The summed E-state index contributed by atoms with van der Waals surface area (Å²) in [7, 11) is 0. The number of carboxylic acids is 1. The molecule has 0 aromatic heterocycles. The Hall–Kier alpha value is -5.82. The Balaban J connectivity index is 0.000000360. The van der Waals surface area contributed by atoms with E-state index >= 15 is 0 Å². The number of aliphatic carboxylic acids is 1. The predicted octanol–water partition coefficient (Wildman–Crippen LogP) is 9.84. The van der Waals surface area contributed by atoms with Crippen molar-refractivity contribution in [1.29, 1.82) is 0 Å². The molecule has 4 rings (SSSR count). The van der Waals surface area contributed by atoms with Gasteiger partial charge in [-0.05, 0) is 46.9 Å². The Kier molecular flexibility index (Phi) is 27.0. The number of carboxylic acid groups (broad SMARTS) is 1. The summed E-state index contributed by atoms with van der Waals surface area (Å²) < 4.78 is 25.9. The van der Waals surface area contributed by atoms with Crippen LogP contribution in [0.5, 0.6) is 0 Å². The number of rotatable bonds is 23. The van der Waals surface area contributed by atoms with Gasteiger partial charge in [-0.25, -0.2) is 0 Å². The molecule has 63 heavy (non-hydrogen) atoms. The lowest BCUT2D eigenvalue weighted by molar-refractivity contribution is -0.158. The molecule has 0 unspecified atom stereocenters. The van der Waals surface area contributed by atoms with Crippen molar-refractivity contribution in [3.63, 3.8) is 0 Å². The van der Waals surface area contributed by atoms with E-state index in [1.54, 1.807) is 13.8 Å². The molecule has 0 aliphatic carbocycles. The number of ether oxygens (including phenoxy) is 5. The van der Waals surface area contributed by atoms with Crippen LogP contribution in [0.1, 0.15) is 88.5 Å². The van der Waals surface area contributed by atoms with Crippen molar-refractivity contribution in [2.45, 2.75) is 92.6 Å². The third kappa shape index (κ3) is 25.0. The van der Waals surface area contributed by atoms with Gasteiger partial charge in [-0.15, -0.1) is 0 Å². The van der Waals surface area contributed by atoms with Crippen molar-refractivity contribution in [2.75, 3.05) is 11.9 Å². The van der Waals surface area contributed by atoms with Gasteiger partial charge in [0.15, 0.2) is 0 Å². The average Bonchev–Trinajstić information content (AvgIpc) is 3.29. The molecule has 2 atom stereocenters. The van der Waals surface area contributed by atoms with Crippen LogP contribution in [-0.4, -0.2) is 52.9 Å². The molecule has 0 bridgehead atoms. The van der Waals surface area contributed by atoms with Crippen molar-refractivity contribution < 1.29 is 57.6 Å². The van der Waals surface area contributed by atoms with Gasteiger partial charge in [0.05, 0.1) is 31.3 Å². The first-order valence-electron chi connectivity index (χ1n) is 21.0. The van der Waals surface area contributed by atoms with E-state index in [1.165, 1.54) is 0 Å². The zero-order chi connectivity index (χ0) is 46.2. The monoisotopic (exact) mass is 932 g/mol. The van der Waals surface area contributed by atoms with Crippen molar-refractivity contribution in [1.82, 2.24) is 0 Å². The molecule has 0 saturated carbocycles. The fourth-order valence-corrected chi connectivity index (χ4v) is 5.76. The highest BCUT2D eigenvalue weighted by Gasteiger charge is 2.28. The van der Waals surface area contributed by atoms with Gasteiger partial charge in [0.2, 0.25) is 0 Å². The molecule has 1 N–H and O–H groups in total. The molecule has 12 nitrogen and oxygen atoms in total. The van der Waals surface area contributed by atoms with Crippen molar-refractivity contribution in [3.8, 4) is 0 Å². The maximum Gasteiger partial charge on any atom is 0.309 e. The minimum atomic E-state index is -0.957. The first kappa shape index (κ1) is 53.3.